The summed E-state index contributed by atoms with van der Waals surface area (Å²) in [6, 6.07) is 0. The highest BCUT2D eigenvalue weighted by molar-refractivity contribution is 6.25. The Hall–Kier alpha value is -0.540. The summed E-state index contributed by atoms with van der Waals surface area (Å²) in [7, 11) is 0. The van der Waals surface area contributed by atoms with Gasteiger partial charge in [0.15, 0.2) is 0 Å². The summed E-state index contributed by atoms with van der Waals surface area (Å²) in [6.45, 7) is 2.66. The molecule has 0 fully saturated rings. The van der Waals surface area contributed by atoms with Gasteiger partial charge >= 0.3 is 0 Å². The molecule has 0 heterocycles. The summed E-state index contributed by atoms with van der Waals surface area (Å²) >= 11 is 5.35. The van der Waals surface area contributed by atoms with Crippen LogP contribution >= 0.6 is 11.6 Å². The highest BCUT2D eigenvalue weighted by atomic mass is 35.5. The smallest absolute Gasteiger partial charge is 0.231 e. The highest BCUT2D eigenvalue weighted by Gasteiger charge is 1.91. The van der Waals surface area contributed by atoms with Gasteiger partial charge in [0.2, 0.25) is 5.91 Å². The largest absolute Gasteiger partial charge is 0.369 e. The molecule has 0 atom stereocenters. The van der Waals surface area contributed by atoms with E-state index in [0.717, 1.165) is 5.57 Å². The van der Waals surface area contributed by atoms with Crippen LogP contribution in [-0.2, 0) is 4.79 Å². The number of halogens is 1. The first kappa shape index (κ1) is 9.46. The van der Waals surface area contributed by atoms with Crippen molar-refractivity contribution >= 4 is 17.5 Å². The summed E-state index contributed by atoms with van der Waals surface area (Å²) in [5.74, 6) is -0.359. The van der Waals surface area contributed by atoms with Crippen molar-refractivity contribution in [2.45, 2.75) is 6.92 Å². The van der Waals surface area contributed by atoms with Crippen molar-refractivity contribution < 1.29 is 4.79 Å². The van der Waals surface area contributed by atoms with Crippen LogP contribution in [0.25, 0.3) is 0 Å². The Kier molecular flexibility index (Phi) is 4.98. The second-order valence-electron chi connectivity index (χ2n) is 2.03. The van der Waals surface area contributed by atoms with Crippen molar-refractivity contribution in [3.8, 4) is 0 Å². The van der Waals surface area contributed by atoms with Gasteiger partial charge in [-0.05, 0) is 12.5 Å². The molecule has 0 aliphatic rings. The second-order valence-corrected chi connectivity index (χ2v) is 2.24. The Labute approximate surface area is 65.2 Å². The first-order chi connectivity index (χ1) is 4.66. The number of carbonyl (C=O) groups is 1. The molecule has 0 aromatic heterocycles. The second kappa shape index (κ2) is 5.26. The molecule has 0 aromatic rings. The van der Waals surface area contributed by atoms with Crippen LogP contribution in [0.1, 0.15) is 6.92 Å². The fourth-order valence-corrected chi connectivity index (χ4v) is 0.499. The zero-order valence-electron chi connectivity index (χ0n) is 5.86. The zero-order chi connectivity index (χ0) is 7.98. The van der Waals surface area contributed by atoms with Gasteiger partial charge in [0.25, 0.3) is 0 Å². The Morgan fingerprint density at radius 3 is 2.70 bits per heavy atom. The molecule has 4 heteroatoms. The van der Waals surface area contributed by atoms with Gasteiger partial charge in [-0.2, -0.15) is 0 Å². The van der Waals surface area contributed by atoms with Crippen LogP contribution in [0.5, 0.6) is 0 Å². The monoisotopic (exact) mass is 162 g/mol. The average molecular weight is 163 g/mol. The van der Waals surface area contributed by atoms with Crippen LogP contribution < -0.4 is 11.1 Å². The van der Waals surface area contributed by atoms with Gasteiger partial charge in [-0.1, -0.05) is 11.6 Å². The van der Waals surface area contributed by atoms with E-state index in [1.807, 2.05) is 6.92 Å². The van der Waals surface area contributed by atoms with Gasteiger partial charge in [0, 0.05) is 12.1 Å². The third-order valence-electron chi connectivity index (χ3n) is 0.889. The lowest BCUT2D eigenvalue weighted by molar-refractivity contribution is -0.117. The Balaban J connectivity index is 3.29. The van der Waals surface area contributed by atoms with E-state index in [9.17, 15) is 4.79 Å². The molecule has 10 heavy (non-hydrogen) atoms. The van der Waals surface area contributed by atoms with Crippen molar-refractivity contribution in [1.82, 2.24) is 5.32 Å². The van der Waals surface area contributed by atoms with Gasteiger partial charge in [-0.3, -0.25) is 4.79 Å². The molecule has 0 spiro atoms. The molecule has 1 amide bonds. The highest BCUT2D eigenvalue weighted by Crippen LogP contribution is 1.90. The number of amides is 1. The molecule has 0 radical (unpaired) electrons. The maximum Gasteiger partial charge on any atom is 0.231 e. The fourth-order valence-electron chi connectivity index (χ4n) is 0.421. The van der Waals surface area contributed by atoms with E-state index in [0.29, 0.717) is 6.54 Å². The number of carbonyl (C=O) groups excluding carboxylic acids is 1. The standard InChI is InChI=1S/C6H11ClN2O/c1-5(2-7)3-9-4-6(8)10/h2,9H,3-4H2,1H3,(H2,8,10). The van der Waals surface area contributed by atoms with E-state index in [4.69, 9.17) is 17.3 Å². The predicted molar refractivity (Wildman–Crippen MR) is 41.7 cm³/mol. The Bertz CT molecular complexity index is 145. The van der Waals surface area contributed by atoms with Gasteiger partial charge in [-0.25, -0.2) is 0 Å². The van der Waals surface area contributed by atoms with E-state index >= 15 is 0 Å². The van der Waals surface area contributed by atoms with E-state index in [1.165, 1.54) is 5.54 Å². The SMILES string of the molecule is CC(=CCl)CNCC(N)=O. The maximum absolute atomic E-state index is 10.2. The summed E-state index contributed by atoms with van der Waals surface area (Å²) in [6.07, 6.45) is 0. The number of nitrogens with one attached hydrogen (secondary N) is 1. The van der Waals surface area contributed by atoms with Gasteiger partial charge < -0.3 is 11.1 Å². The molecule has 0 aromatic carbocycles. The van der Waals surface area contributed by atoms with Crippen molar-refractivity contribution in [3.05, 3.63) is 11.1 Å². The summed E-state index contributed by atoms with van der Waals surface area (Å²) in [4.78, 5) is 10.2. The van der Waals surface area contributed by atoms with Gasteiger partial charge in [0.1, 0.15) is 0 Å². The maximum atomic E-state index is 10.2. The van der Waals surface area contributed by atoms with Crippen molar-refractivity contribution in [1.29, 1.82) is 0 Å². The van der Waals surface area contributed by atoms with E-state index < -0.39 is 0 Å². The lowest BCUT2D eigenvalue weighted by Crippen LogP contribution is -2.29. The Morgan fingerprint density at radius 1 is 1.70 bits per heavy atom. The minimum atomic E-state index is -0.359. The molecule has 0 saturated carbocycles. The molecule has 3 nitrogen and oxygen atoms in total. The van der Waals surface area contributed by atoms with E-state index in [2.05, 4.69) is 5.32 Å². The van der Waals surface area contributed by atoms with E-state index in [-0.39, 0.29) is 12.5 Å². The minimum Gasteiger partial charge on any atom is -0.369 e. The number of rotatable bonds is 4. The van der Waals surface area contributed by atoms with E-state index in [1.54, 1.807) is 0 Å². The third kappa shape index (κ3) is 5.59. The molecule has 58 valence electrons. The number of hydrogen-bond acceptors (Lipinski definition) is 2. The molecule has 0 aliphatic heterocycles. The molecular weight excluding hydrogens is 152 g/mol. The lowest BCUT2D eigenvalue weighted by Gasteiger charge is -1.99. The first-order valence-electron chi connectivity index (χ1n) is 2.91. The molecule has 0 rings (SSSR count). The third-order valence-corrected chi connectivity index (χ3v) is 1.26. The van der Waals surface area contributed by atoms with Crippen molar-refractivity contribution in [3.63, 3.8) is 0 Å². The minimum absolute atomic E-state index is 0.196. The molecule has 3 N–H and O–H groups in total. The van der Waals surface area contributed by atoms with Gasteiger partial charge in [0.05, 0.1) is 6.54 Å². The lowest BCUT2D eigenvalue weighted by atomic mass is 10.3. The quantitative estimate of drug-likeness (QED) is 0.621. The molecule has 0 aliphatic carbocycles. The van der Waals surface area contributed by atoms with Crippen LogP contribution in [0.2, 0.25) is 0 Å². The van der Waals surface area contributed by atoms with Crippen molar-refractivity contribution in [2.24, 2.45) is 5.73 Å². The molecular formula is C6H11ClN2O. The van der Waals surface area contributed by atoms with Crippen molar-refractivity contribution in [2.75, 3.05) is 13.1 Å². The topological polar surface area (TPSA) is 55.1 Å². The number of hydrogen-bond donors (Lipinski definition) is 2. The zero-order valence-corrected chi connectivity index (χ0v) is 6.61. The van der Waals surface area contributed by atoms with Gasteiger partial charge in [-0.15, -0.1) is 0 Å². The van der Waals surface area contributed by atoms with Crippen LogP contribution in [0.4, 0.5) is 0 Å². The number of primary amides is 1. The average Bonchev–Trinajstić information content (AvgIpc) is 1.87. The first-order valence-corrected chi connectivity index (χ1v) is 3.35. The van der Waals surface area contributed by atoms with Crippen LogP contribution in [0.3, 0.4) is 0 Å². The Morgan fingerprint density at radius 2 is 2.30 bits per heavy atom. The normalized spacial score (nSPS) is 11.6. The van der Waals surface area contributed by atoms with Crippen LogP contribution in [-0.4, -0.2) is 19.0 Å². The molecule has 0 unspecified atom stereocenters. The summed E-state index contributed by atoms with van der Waals surface area (Å²) in [5.41, 5.74) is 7.31. The molecule has 0 saturated heterocycles. The predicted octanol–water partition coefficient (Wildman–Crippen LogP) is 0.204. The fraction of sp³-hybridized carbons (Fsp3) is 0.500. The molecule has 0 bridgehead atoms. The summed E-state index contributed by atoms with van der Waals surface area (Å²) < 4.78 is 0. The van der Waals surface area contributed by atoms with Crippen LogP contribution in [0, 0.1) is 0 Å². The van der Waals surface area contributed by atoms with Crippen LogP contribution in [0.15, 0.2) is 11.1 Å². The number of nitrogens with two attached hydrogens (primary N) is 1. The summed E-state index contributed by atoms with van der Waals surface area (Å²) in [5, 5.41) is 2.81.